The zero-order valence-corrected chi connectivity index (χ0v) is 12.1. The maximum Gasteiger partial charge on any atom is 0.212 e. The summed E-state index contributed by atoms with van der Waals surface area (Å²) in [6, 6.07) is 2.16. The molecule has 2 rings (SSSR count). The summed E-state index contributed by atoms with van der Waals surface area (Å²) in [4.78, 5) is 0. The van der Waals surface area contributed by atoms with Crippen LogP contribution in [0.3, 0.4) is 0 Å². The average Bonchev–Trinajstić information content (AvgIpc) is 2.82. The largest absolute Gasteiger partial charge is 0.314 e. The molecule has 0 aromatic carbocycles. The summed E-state index contributed by atoms with van der Waals surface area (Å²) in [7, 11) is -1.40. The minimum absolute atomic E-state index is 0.178. The molecule has 1 saturated heterocycles. The summed E-state index contributed by atoms with van der Waals surface area (Å²) in [6.45, 7) is 1.27. The van der Waals surface area contributed by atoms with E-state index in [1.165, 1.54) is 12.8 Å². The van der Waals surface area contributed by atoms with Crippen LogP contribution in [0.4, 0.5) is 0 Å². The first kappa shape index (κ1) is 14.5. The van der Waals surface area contributed by atoms with Crippen LogP contribution in [0.5, 0.6) is 0 Å². The van der Waals surface area contributed by atoms with Gasteiger partial charge in [-0.2, -0.15) is 5.10 Å². The molecule has 0 bridgehead atoms. The minimum atomic E-state index is -3.21. The molecule has 1 unspecified atom stereocenters. The summed E-state index contributed by atoms with van der Waals surface area (Å²) >= 11 is 0. The number of aryl methyl sites for hydroxylation is 1. The van der Waals surface area contributed by atoms with Crippen LogP contribution in [0.25, 0.3) is 0 Å². The standard InChI is InChI=1S/C12H22N4O2S/c1-16-8-5-12(15-16)10-14-19(17,18)9-6-11-4-2-3-7-13-11/h5,8,11,13-14H,2-4,6-7,9-10H2,1H3. The monoisotopic (exact) mass is 286 g/mol. The van der Waals surface area contributed by atoms with Crippen molar-refractivity contribution in [3.05, 3.63) is 18.0 Å². The second-order valence-electron chi connectivity index (χ2n) is 5.06. The SMILES string of the molecule is Cn1ccc(CNS(=O)(=O)CCC2CCCCN2)n1. The van der Waals surface area contributed by atoms with Crippen molar-refractivity contribution in [3.8, 4) is 0 Å². The van der Waals surface area contributed by atoms with Gasteiger partial charge in [0.05, 0.1) is 18.0 Å². The van der Waals surface area contributed by atoms with Crippen molar-refractivity contribution < 1.29 is 8.42 Å². The third-order valence-corrected chi connectivity index (χ3v) is 4.75. The van der Waals surface area contributed by atoms with Gasteiger partial charge in [-0.1, -0.05) is 6.42 Å². The maximum absolute atomic E-state index is 11.9. The Balaban J connectivity index is 1.75. The second kappa shape index (κ2) is 6.49. The summed E-state index contributed by atoms with van der Waals surface area (Å²) in [5.74, 6) is 0.178. The van der Waals surface area contributed by atoms with Crippen LogP contribution in [-0.2, 0) is 23.6 Å². The van der Waals surface area contributed by atoms with Gasteiger partial charge in [0.1, 0.15) is 0 Å². The van der Waals surface area contributed by atoms with Gasteiger partial charge in [-0.05, 0) is 31.9 Å². The predicted molar refractivity (Wildman–Crippen MR) is 74.1 cm³/mol. The lowest BCUT2D eigenvalue weighted by molar-refractivity contribution is 0.392. The zero-order chi connectivity index (χ0) is 13.7. The van der Waals surface area contributed by atoms with Gasteiger partial charge in [0.2, 0.25) is 10.0 Å². The number of hydrogen-bond acceptors (Lipinski definition) is 4. The fraction of sp³-hybridized carbons (Fsp3) is 0.750. The van der Waals surface area contributed by atoms with Crippen molar-refractivity contribution in [1.29, 1.82) is 0 Å². The third kappa shape index (κ3) is 4.93. The van der Waals surface area contributed by atoms with E-state index in [-0.39, 0.29) is 12.3 Å². The Hall–Kier alpha value is -0.920. The molecule has 7 heteroatoms. The average molecular weight is 286 g/mol. The fourth-order valence-corrected chi connectivity index (χ4v) is 3.39. The number of aromatic nitrogens is 2. The third-order valence-electron chi connectivity index (χ3n) is 3.39. The van der Waals surface area contributed by atoms with Gasteiger partial charge in [0, 0.05) is 19.3 Å². The normalized spacial score (nSPS) is 20.6. The van der Waals surface area contributed by atoms with Crippen LogP contribution in [0.15, 0.2) is 12.3 Å². The van der Waals surface area contributed by atoms with E-state index >= 15 is 0 Å². The molecule has 108 valence electrons. The second-order valence-corrected chi connectivity index (χ2v) is 6.98. The van der Waals surface area contributed by atoms with Crippen molar-refractivity contribution >= 4 is 10.0 Å². The molecule has 0 amide bonds. The van der Waals surface area contributed by atoms with E-state index in [0.29, 0.717) is 12.5 Å². The number of piperidine rings is 1. The lowest BCUT2D eigenvalue weighted by Crippen LogP contribution is -2.37. The molecule has 1 aromatic rings. The summed E-state index contributed by atoms with van der Waals surface area (Å²) < 4.78 is 28.0. The topological polar surface area (TPSA) is 76.0 Å². The van der Waals surface area contributed by atoms with Gasteiger partial charge in [-0.3, -0.25) is 4.68 Å². The molecule has 1 aliphatic heterocycles. The number of nitrogens with zero attached hydrogens (tertiary/aromatic N) is 2. The highest BCUT2D eigenvalue weighted by Crippen LogP contribution is 2.10. The highest BCUT2D eigenvalue weighted by molar-refractivity contribution is 7.89. The summed E-state index contributed by atoms with van der Waals surface area (Å²) in [6.07, 6.45) is 5.95. The number of sulfonamides is 1. The summed E-state index contributed by atoms with van der Waals surface area (Å²) in [5, 5.41) is 7.50. The lowest BCUT2D eigenvalue weighted by Gasteiger charge is -2.23. The van der Waals surface area contributed by atoms with E-state index in [1.807, 2.05) is 13.1 Å². The molecule has 0 spiro atoms. The molecule has 1 atom stereocenters. The maximum atomic E-state index is 11.9. The number of nitrogens with one attached hydrogen (secondary N) is 2. The van der Waals surface area contributed by atoms with E-state index < -0.39 is 10.0 Å². The van der Waals surface area contributed by atoms with Crippen LogP contribution in [-0.4, -0.2) is 36.5 Å². The minimum Gasteiger partial charge on any atom is -0.314 e. The molecule has 19 heavy (non-hydrogen) atoms. The van der Waals surface area contributed by atoms with E-state index in [2.05, 4.69) is 15.1 Å². The molecule has 1 aromatic heterocycles. The van der Waals surface area contributed by atoms with Crippen molar-refractivity contribution in [1.82, 2.24) is 19.8 Å². The molecule has 0 radical (unpaired) electrons. The Morgan fingerprint density at radius 2 is 2.37 bits per heavy atom. The number of rotatable bonds is 6. The van der Waals surface area contributed by atoms with Crippen molar-refractivity contribution in [2.75, 3.05) is 12.3 Å². The van der Waals surface area contributed by atoms with E-state index in [4.69, 9.17) is 0 Å². The zero-order valence-electron chi connectivity index (χ0n) is 11.3. The highest BCUT2D eigenvalue weighted by Gasteiger charge is 2.17. The van der Waals surface area contributed by atoms with Crippen LogP contribution in [0, 0.1) is 0 Å². The molecule has 2 heterocycles. The Morgan fingerprint density at radius 1 is 1.53 bits per heavy atom. The van der Waals surface area contributed by atoms with E-state index in [0.717, 1.165) is 18.7 Å². The number of hydrogen-bond donors (Lipinski definition) is 2. The highest BCUT2D eigenvalue weighted by atomic mass is 32.2. The Kier molecular flexibility index (Phi) is 4.95. The van der Waals surface area contributed by atoms with Crippen LogP contribution in [0.2, 0.25) is 0 Å². The van der Waals surface area contributed by atoms with Gasteiger partial charge in [0.25, 0.3) is 0 Å². The fourth-order valence-electron chi connectivity index (χ4n) is 2.28. The molecule has 1 aliphatic rings. The van der Waals surface area contributed by atoms with Crippen LogP contribution >= 0.6 is 0 Å². The van der Waals surface area contributed by atoms with E-state index in [9.17, 15) is 8.42 Å². The molecule has 1 fully saturated rings. The Labute approximate surface area is 114 Å². The van der Waals surface area contributed by atoms with Gasteiger partial charge >= 0.3 is 0 Å². The smallest absolute Gasteiger partial charge is 0.212 e. The predicted octanol–water partition coefficient (Wildman–Crippen LogP) is 0.372. The molecule has 2 N–H and O–H groups in total. The Bertz CT molecular complexity index is 492. The van der Waals surface area contributed by atoms with E-state index in [1.54, 1.807) is 10.9 Å². The van der Waals surface area contributed by atoms with Gasteiger partial charge in [-0.25, -0.2) is 13.1 Å². The Morgan fingerprint density at radius 3 is 3.00 bits per heavy atom. The van der Waals surface area contributed by atoms with Crippen molar-refractivity contribution in [3.63, 3.8) is 0 Å². The van der Waals surface area contributed by atoms with Crippen molar-refractivity contribution in [2.24, 2.45) is 7.05 Å². The molecule has 0 saturated carbocycles. The first-order valence-electron chi connectivity index (χ1n) is 6.74. The molecular weight excluding hydrogens is 264 g/mol. The first-order valence-corrected chi connectivity index (χ1v) is 8.40. The van der Waals surface area contributed by atoms with Crippen LogP contribution in [0.1, 0.15) is 31.4 Å². The quantitative estimate of drug-likeness (QED) is 0.792. The van der Waals surface area contributed by atoms with Gasteiger partial charge < -0.3 is 5.32 Å². The molecule has 0 aliphatic carbocycles. The van der Waals surface area contributed by atoms with Crippen molar-refractivity contribution in [2.45, 2.75) is 38.3 Å². The van der Waals surface area contributed by atoms with Crippen LogP contribution < -0.4 is 10.0 Å². The lowest BCUT2D eigenvalue weighted by atomic mass is 10.0. The molecular formula is C12H22N4O2S. The molecule has 6 nitrogen and oxygen atoms in total. The summed E-state index contributed by atoms with van der Waals surface area (Å²) in [5.41, 5.74) is 0.738. The van der Waals surface area contributed by atoms with Gasteiger partial charge in [0.15, 0.2) is 0 Å². The van der Waals surface area contributed by atoms with Gasteiger partial charge in [-0.15, -0.1) is 0 Å². The first-order chi connectivity index (χ1) is 9.05.